The Labute approximate surface area is 178 Å². The number of likely N-dealkylation sites (tertiary alicyclic amines) is 2. The molecule has 0 aromatic heterocycles. The van der Waals surface area contributed by atoms with Gasteiger partial charge in [-0.05, 0) is 57.0 Å². The van der Waals surface area contributed by atoms with Gasteiger partial charge in [-0.25, -0.2) is 8.42 Å². The molecule has 0 radical (unpaired) electrons. The van der Waals surface area contributed by atoms with Crippen LogP contribution in [0.15, 0.2) is 23.1 Å². The van der Waals surface area contributed by atoms with E-state index >= 15 is 0 Å². The van der Waals surface area contributed by atoms with Crippen LogP contribution in [0.3, 0.4) is 0 Å². The van der Waals surface area contributed by atoms with E-state index in [1.807, 2.05) is 4.90 Å². The molecule has 3 saturated heterocycles. The highest BCUT2D eigenvalue weighted by Gasteiger charge is 2.32. The number of morpholine rings is 1. The molecule has 3 fully saturated rings. The number of carbonyl (C=O) groups excluding carboxylic acids is 1. The highest BCUT2D eigenvalue weighted by Crippen LogP contribution is 2.28. The topological polar surface area (TPSA) is 79.4 Å². The molecule has 0 spiro atoms. The second kappa shape index (κ2) is 9.21. The van der Waals surface area contributed by atoms with E-state index in [9.17, 15) is 13.2 Å². The highest BCUT2D eigenvalue weighted by atomic mass is 32.2. The number of piperidine rings is 1. The normalized spacial score (nSPS) is 22.4. The maximum atomic E-state index is 13.3. The number of benzene rings is 1. The number of hydrogen-bond donors (Lipinski definition) is 0. The number of ether oxygens (including phenoxy) is 2. The van der Waals surface area contributed by atoms with Crippen LogP contribution in [0.25, 0.3) is 0 Å². The number of carbonyl (C=O) groups is 1. The van der Waals surface area contributed by atoms with Crippen molar-refractivity contribution < 1.29 is 22.7 Å². The Hall–Kier alpha value is -1.68. The quantitative estimate of drug-likeness (QED) is 0.693. The van der Waals surface area contributed by atoms with Gasteiger partial charge in [0.15, 0.2) is 0 Å². The number of hydrogen-bond acceptors (Lipinski definition) is 6. The lowest BCUT2D eigenvalue weighted by Crippen LogP contribution is -2.46. The first kappa shape index (κ1) is 21.5. The Kier molecular flexibility index (Phi) is 6.62. The molecule has 1 aromatic carbocycles. The predicted molar refractivity (Wildman–Crippen MR) is 112 cm³/mol. The van der Waals surface area contributed by atoms with Gasteiger partial charge in [-0.15, -0.1) is 0 Å². The lowest BCUT2D eigenvalue weighted by Gasteiger charge is -2.36. The average Bonchev–Trinajstić information content (AvgIpc) is 3.34. The third-order valence-corrected chi connectivity index (χ3v) is 8.31. The van der Waals surface area contributed by atoms with Crippen molar-refractivity contribution in [1.29, 1.82) is 0 Å². The molecule has 30 heavy (non-hydrogen) atoms. The van der Waals surface area contributed by atoms with Crippen LogP contribution in [0.5, 0.6) is 5.75 Å². The van der Waals surface area contributed by atoms with Gasteiger partial charge in [-0.3, -0.25) is 4.79 Å². The molecule has 4 rings (SSSR count). The molecule has 0 atom stereocenters. The molecular weight excluding hydrogens is 406 g/mol. The summed E-state index contributed by atoms with van der Waals surface area (Å²) >= 11 is 0. The summed E-state index contributed by atoms with van der Waals surface area (Å²) in [5, 5.41) is 0. The molecule has 3 heterocycles. The first-order valence-corrected chi connectivity index (χ1v) is 12.2. The van der Waals surface area contributed by atoms with E-state index in [1.54, 1.807) is 6.07 Å². The summed E-state index contributed by atoms with van der Waals surface area (Å²) in [5.74, 6) is 0.244. The van der Waals surface area contributed by atoms with Crippen molar-refractivity contribution in [1.82, 2.24) is 14.1 Å². The van der Waals surface area contributed by atoms with Crippen LogP contribution in [0.1, 0.15) is 36.0 Å². The van der Waals surface area contributed by atoms with Gasteiger partial charge in [-0.2, -0.15) is 4.31 Å². The number of nitrogens with zero attached hydrogens (tertiary/aromatic N) is 3. The zero-order valence-corrected chi connectivity index (χ0v) is 18.4. The van der Waals surface area contributed by atoms with E-state index in [0.29, 0.717) is 56.7 Å². The van der Waals surface area contributed by atoms with Crippen LogP contribution in [0, 0.1) is 0 Å². The summed E-state index contributed by atoms with van der Waals surface area (Å²) in [7, 11) is -2.17. The Morgan fingerprint density at radius 1 is 1.03 bits per heavy atom. The molecular formula is C21H31N3O5S. The Morgan fingerprint density at radius 2 is 1.70 bits per heavy atom. The fourth-order valence-corrected chi connectivity index (χ4v) is 6.10. The molecule has 1 aromatic rings. The van der Waals surface area contributed by atoms with Crippen molar-refractivity contribution in [2.45, 2.75) is 36.6 Å². The Balaban J connectivity index is 1.51. The number of amides is 1. The third-order valence-electron chi connectivity index (χ3n) is 6.42. The van der Waals surface area contributed by atoms with Gasteiger partial charge in [0.25, 0.3) is 5.91 Å². The molecule has 3 aliphatic heterocycles. The standard InChI is InChI=1S/C21H31N3O5S/c1-28-20-5-4-18(30(26,27)24-12-14-29-15-13-24)16-19(20)21(25)23-10-6-17(7-11-23)22-8-2-3-9-22/h4-5,16-17H,2-3,6-15H2,1H3. The van der Waals surface area contributed by atoms with Crippen LogP contribution in [-0.4, -0.2) is 94.1 Å². The summed E-state index contributed by atoms with van der Waals surface area (Å²) in [6.07, 6.45) is 4.45. The van der Waals surface area contributed by atoms with E-state index in [-0.39, 0.29) is 10.8 Å². The summed E-state index contributed by atoms with van der Waals surface area (Å²) in [6.45, 7) is 5.10. The van der Waals surface area contributed by atoms with Crippen molar-refractivity contribution in [3.8, 4) is 5.75 Å². The van der Waals surface area contributed by atoms with Crippen LogP contribution in [-0.2, 0) is 14.8 Å². The molecule has 0 unspecified atom stereocenters. The van der Waals surface area contributed by atoms with Crippen LogP contribution < -0.4 is 4.74 Å². The van der Waals surface area contributed by atoms with Gasteiger partial charge < -0.3 is 19.3 Å². The summed E-state index contributed by atoms with van der Waals surface area (Å²) < 4.78 is 38.1. The second-order valence-electron chi connectivity index (χ2n) is 8.14. The third kappa shape index (κ3) is 4.34. The highest BCUT2D eigenvalue weighted by molar-refractivity contribution is 7.89. The lowest BCUT2D eigenvalue weighted by molar-refractivity contribution is 0.0641. The van der Waals surface area contributed by atoms with Gasteiger partial charge in [0.2, 0.25) is 10.0 Å². The molecule has 3 aliphatic rings. The Bertz CT molecular complexity index is 855. The van der Waals surface area contributed by atoms with Gasteiger partial charge in [0.1, 0.15) is 5.75 Å². The van der Waals surface area contributed by atoms with E-state index in [4.69, 9.17) is 9.47 Å². The van der Waals surface area contributed by atoms with Crippen molar-refractivity contribution in [2.24, 2.45) is 0 Å². The fraction of sp³-hybridized carbons (Fsp3) is 0.667. The molecule has 8 nitrogen and oxygen atoms in total. The fourth-order valence-electron chi connectivity index (χ4n) is 4.66. The molecule has 9 heteroatoms. The van der Waals surface area contributed by atoms with Crippen molar-refractivity contribution in [3.05, 3.63) is 23.8 Å². The van der Waals surface area contributed by atoms with Crippen molar-refractivity contribution in [2.75, 3.05) is 59.6 Å². The molecule has 0 saturated carbocycles. The van der Waals surface area contributed by atoms with E-state index in [2.05, 4.69) is 4.90 Å². The molecule has 0 bridgehead atoms. The summed E-state index contributed by atoms with van der Waals surface area (Å²) in [6, 6.07) is 5.11. The number of sulfonamides is 1. The van der Waals surface area contributed by atoms with Gasteiger partial charge in [0, 0.05) is 32.2 Å². The van der Waals surface area contributed by atoms with E-state index < -0.39 is 10.0 Å². The van der Waals surface area contributed by atoms with Crippen molar-refractivity contribution >= 4 is 15.9 Å². The SMILES string of the molecule is COc1ccc(S(=O)(=O)N2CCOCC2)cc1C(=O)N1CCC(N2CCCC2)CC1. The minimum absolute atomic E-state index is 0.125. The van der Waals surface area contributed by atoms with Crippen LogP contribution >= 0.6 is 0 Å². The summed E-state index contributed by atoms with van der Waals surface area (Å²) in [5.41, 5.74) is 0.312. The van der Waals surface area contributed by atoms with Crippen LogP contribution in [0.4, 0.5) is 0 Å². The van der Waals surface area contributed by atoms with Crippen molar-refractivity contribution in [3.63, 3.8) is 0 Å². The molecule has 0 N–H and O–H groups in total. The number of rotatable bonds is 5. The zero-order chi connectivity index (χ0) is 21.1. The Morgan fingerprint density at radius 3 is 2.33 bits per heavy atom. The minimum Gasteiger partial charge on any atom is -0.496 e. The monoisotopic (exact) mass is 437 g/mol. The van der Waals surface area contributed by atoms with E-state index in [1.165, 1.54) is 36.4 Å². The largest absolute Gasteiger partial charge is 0.496 e. The first-order valence-electron chi connectivity index (χ1n) is 10.8. The van der Waals surface area contributed by atoms with Gasteiger partial charge >= 0.3 is 0 Å². The minimum atomic E-state index is -3.67. The smallest absolute Gasteiger partial charge is 0.257 e. The maximum Gasteiger partial charge on any atom is 0.257 e. The second-order valence-corrected chi connectivity index (χ2v) is 10.1. The maximum absolute atomic E-state index is 13.3. The molecule has 166 valence electrons. The lowest BCUT2D eigenvalue weighted by atomic mass is 10.0. The first-order chi connectivity index (χ1) is 14.5. The van der Waals surface area contributed by atoms with E-state index in [0.717, 1.165) is 25.9 Å². The average molecular weight is 438 g/mol. The summed E-state index contributed by atoms with van der Waals surface area (Å²) in [4.78, 5) is 17.8. The van der Waals surface area contributed by atoms with Gasteiger partial charge in [0.05, 0.1) is 30.8 Å². The number of methoxy groups -OCH3 is 1. The zero-order valence-electron chi connectivity index (χ0n) is 17.6. The molecule has 0 aliphatic carbocycles. The van der Waals surface area contributed by atoms with Gasteiger partial charge in [-0.1, -0.05) is 0 Å². The predicted octanol–water partition coefficient (Wildman–Crippen LogP) is 1.42. The molecule has 1 amide bonds. The van der Waals surface area contributed by atoms with Crippen LogP contribution in [0.2, 0.25) is 0 Å².